The summed E-state index contributed by atoms with van der Waals surface area (Å²) in [5.74, 6) is -1.80. The molecule has 3 rings (SSSR count). The summed E-state index contributed by atoms with van der Waals surface area (Å²) in [6.45, 7) is 18.8. The van der Waals surface area contributed by atoms with Crippen molar-refractivity contribution < 1.29 is 36.6 Å². The molecule has 0 saturated carbocycles. The Morgan fingerprint density at radius 3 is 1.96 bits per heavy atom. The Labute approximate surface area is 295 Å². The zero-order chi connectivity index (χ0) is 37.3. The second-order valence-corrected chi connectivity index (χ2v) is 15.4. The van der Waals surface area contributed by atoms with Gasteiger partial charge in [-0.1, -0.05) is 27.7 Å². The Bertz CT molecular complexity index is 1570. The third-order valence-electron chi connectivity index (χ3n) is 6.69. The Morgan fingerprint density at radius 2 is 1.41 bits per heavy atom. The average Bonchev–Trinajstić information content (AvgIpc) is 2.92. The van der Waals surface area contributed by atoms with Crippen molar-refractivity contribution >= 4 is 22.0 Å². The third-order valence-corrected chi connectivity index (χ3v) is 7.30. The Morgan fingerprint density at radius 1 is 0.857 bits per heavy atom. The second kappa shape index (κ2) is 17.5. The van der Waals surface area contributed by atoms with Crippen LogP contribution in [0.25, 0.3) is 11.3 Å². The Hall–Kier alpha value is -3.45. The van der Waals surface area contributed by atoms with Gasteiger partial charge in [0.05, 0.1) is 15.7 Å². The normalized spacial score (nSPS) is 14.0. The van der Waals surface area contributed by atoms with Crippen molar-refractivity contribution in [2.75, 3.05) is 13.2 Å². The standard InChI is InChI=1S/C18H26BrF2NO3.C18H23F2N3O/c1-11(2)9-18(6,22-16(23)25-17(3,4)5)10-24-15-8-13(20)12(19)7-14(15)21;1-11(2)9-18(4,21)10-24-17-8-14(19)13(7-15(17)20)16-5-6-22-12(3)23-16/h7-8,11H,9-10H2,1-6H3,(H,22,23);5-8,11H,9-10,21H2,1-4H3/t2*18-/m00/s1. The number of hydrogen-bond acceptors (Lipinski definition) is 7. The maximum absolute atomic E-state index is 14.3. The van der Waals surface area contributed by atoms with Gasteiger partial charge in [-0.15, -0.1) is 0 Å². The van der Waals surface area contributed by atoms with Gasteiger partial charge in [-0.05, 0) is 100 Å². The first-order chi connectivity index (χ1) is 22.5. The van der Waals surface area contributed by atoms with E-state index in [-0.39, 0.29) is 40.7 Å². The molecule has 0 aliphatic rings. The van der Waals surface area contributed by atoms with Crippen LogP contribution in [0.2, 0.25) is 0 Å². The van der Waals surface area contributed by atoms with Crippen LogP contribution >= 0.6 is 15.9 Å². The summed E-state index contributed by atoms with van der Waals surface area (Å²) in [4.78, 5) is 20.2. The number of nitrogens with zero attached hydrogens (tertiary/aromatic N) is 2. The van der Waals surface area contributed by atoms with Gasteiger partial charge in [-0.25, -0.2) is 32.3 Å². The number of aromatic nitrogens is 2. The number of carbonyl (C=O) groups excluding carboxylic acids is 1. The number of ether oxygens (including phenoxy) is 3. The van der Waals surface area contributed by atoms with E-state index >= 15 is 0 Å². The molecule has 0 fully saturated rings. The van der Waals surface area contributed by atoms with Crippen LogP contribution in [0.15, 0.2) is 41.0 Å². The van der Waals surface area contributed by atoms with E-state index in [1.165, 1.54) is 12.3 Å². The van der Waals surface area contributed by atoms with Gasteiger partial charge >= 0.3 is 6.09 Å². The molecule has 0 unspecified atom stereocenters. The molecule has 1 heterocycles. The minimum atomic E-state index is -0.799. The fraction of sp³-hybridized carbons (Fsp3) is 0.528. The molecule has 1 amide bonds. The predicted octanol–water partition coefficient (Wildman–Crippen LogP) is 9.31. The largest absolute Gasteiger partial charge is 0.489 e. The molecule has 2 atom stereocenters. The number of nitrogens with one attached hydrogen (secondary N) is 1. The van der Waals surface area contributed by atoms with Crippen molar-refractivity contribution in [2.45, 2.75) is 98.8 Å². The van der Waals surface area contributed by atoms with Gasteiger partial charge in [0.15, 0.2) is 23.1 Å². The summed E-state index contributed by atoms with van der Waals surface area (Å²) >= 11 is 2.92. The highest BCUT2D eigenvalue weighted by molar-refractivity contribution is 9.10. The van der Waals surface area contributed by atoms with Gasteiger partial charge in [-0.3, -0.25) is 0 Å². The molecular formula is C36H49BrF4N4O4. The summed E-state index contributed by atoms with van der Waals surface area (Å²) < 4.78 is 72.3. The van der Waals surface area contributed by atoms with Crippen molar-refractivity contribution in [3.8, 4) is 22.8 Å². The van der Waals surface area contributed by atoms with E-state index in [1.54, 1.807) is 34.6 Å². The number of rotatable bonds is 12. The molecule has 0 saturated heterocycles. The molecule has 0 aliphatic heterocycles. The maximum atomic E-state index is 14.3. The van der Waals surface area contributed by atoms with E-state index in [9.17, 15) is 22.4 Å². The number of halogens is 5. The zero-order valence-corrected chi connectivity index (χ0v) is 31.5. The van der Waals surface area contributed by atoms with E-state index < -0.39 is 46.0 Å². The van der Waals surface area contributed by atoms with Crippen LogP contribution in [0.3, 0.4) is 0 Å². The van der Waals surface area contributed by atoms with E-state index in [2.05, 4.69) is 31.2 Å². The van der Waals surface area contributed by atoms with Gasteiger partial charge < -0.3 is 25.3 Å². The lowest BCUT2D eigenvalue weighted by molar-refractivity contribution is 0.0406. The molecule has 0 aliphatic carbocycles. The van der Waals surface area contributed by atoms with Gasteiger partial charge in [0.1, 0.15) is 36.3 Å². The van der Waals surface area contributed by atoms with Gasteiger partial charge in [0.25, 0.3) is 0 Å². The summed E-state index contributed by atoms with van der Waals surface area (Å²) in [5, 5.41) is 2.79. The summed E-state index contributed by atoms with van der Waals surface area (Å²) in [6.07, 6.45) is 2.22. The number of benzene rings is 2. The highest BCUT2D eigenvalue weighted by Gasteiger charge is 2.31. The predicted molar refractivity (Wildman–Crippen MR) is 186 cm³/mol. The molecule has 0 spiro atoms. The third kappa shape index (κ3) is 14.5. The van der Waals surface area contributed by atoms with Crippen LogP contribution in [0, 0.1) is 42.0 Å². The molecule has 0 bridgehead atoms. The van der Waals surface area contributed by atoms with Gasteiger partial charge in [-0.2, -0.15) is 0 Å². The first-order valence-corrected chi connectivity index (χ1v) is 16.8. The van der Waals surface area contributed by atoms with Crippen molar-refractivity contribution in [3.05, 3.63) is 70.1 Å². The fourth-order valence-electron chi connectivity index (χ4n) is 5.12. The number of alkyl carbamates (subject to hydrolysis) is 1. The highest BCUT2D eigenvalue weighted by atomic mass is 79.9. The van der Waals surface area contributed by atoms with Gasteiger partial charge in [0.2, 0.25) is 0 Å². The molecule has 2 aromatic carbocycles. The minimum absolute atomic E-state index is 0.0224. The first kappa shape index (κ1) is 41.7. The lowest BCUT2D eigenvalue weighted by Gasteiger charge is -2.33. The van der Waals surface area contributed by atoms with E-state index in [1.807, 2.05) is 34.6 Å². The molecule has 272 valence electrons. The van der Waals surface area contributed by atoms with Crippen molar-refractivity contribution in [1.29, 1.82) is 0 Å². The summed E-state index contributed by atoms with van der Waals surface area (Å²) in [6, 6.07) is 5.63. The molecule has 1 aromatic heterocycles. The fourth-order valence-corrected chi connectivity index (χ4v) is 5.44. The van der Waals surface area contributed by atoms with Gasteiger partial charge in [0, 0.05) is 29.4 Å². The van der Waals surface area contributed by atoms with E-state index in [4.69, 9.17) is 19.9 Å². The first-order valence-electron chi connectivity index (χ1n) is 16.0. The lowest BCUT2D eigenvalue weighted by Crippen LogP contribution is -2.52. The summed E-state index contributed by atoms with van der Waals surface area (Å²) in [5.41, 5.74) is 4.49. The van der Waals surface area contributed by atoms with E-state index in [0.717, 1.165) is 30.7 Å². The van der Waals surface area contributed by atoms with Crippen molar-refractivity contribution in [3.63, 3.8) is 0 Å². The molecular weight excluding hydrogens is 708 g/mol. The molecule has 49 heavy (non-hydrogen) atoms. The SMILES string of the molecule is CC(C)C[C@@](C)(COc1cc(F)c(Br)cc1F)NC(=O)OC(C)(C)C.Cc1nccc(-c2cc(F)c(OC[C@@](C)(N)CC(C)C)cc2F)n1. The monoisotopic (exact) mass is 756 g/mol. The molecule has 3 aromatic rings. The second-order valence-electron chi connectivity index (χ2n) is 14.6. The van der Waals surface area contributed by atoms with Crippen LogP contribution in [-0.2, 0) is 4.74 Å². The number of hydrogen-bond donors (Lipinski definition) is 2. The Kier molecular flexibility index (Phi) is 14.9. The zero-order valence-electron chi connectivity index (χ0n) is 29.9. The van der Waals surface area contributed by atoms with Crippen LogP contribution in [-0.4, -0.2) is 46.0 Å². The topological polar surface area (TPSA) is 109 Å². The van der Waals surface area contributed by atoms with Crippen LogP contribution < -0.4 is 20.5 Å². The lowest BCUT2D eigenvalue weighted by atomic mass is 9.91. The molecule has 8 nitrogen and oxygen atoms in total. The number of amides is 1. The number of nitrogens with two attached hydrogens (primary N) is 1. The number of aryl methyl sites for hydroxylation is 1. The van der Waals surface area contributed by atoms with Crippen LogP contribution in [0.1, 0.15) is 81.0 Å². The number of carbonyl (C=O) groups is 1. The quantitative estimate of drug-likeness (QED) is 0.140. The maximum Gasteiger partial charge on any atom is 0.408 e. The van der Waals surface area contributed by atoms with Crippen LogP contribution in [0.4, 0.5) is 22.4 Å². The average molecular weight is 758 g/mol. The molecule has 3 N–H and O–H groups in total. The van der Waals surface area contributed by atoms with Crippen LogP contribution in [0.5, 0.6) is 11.5 Å². The summed E-state index contributed by atoms with van der Waals surface area (Å²) in [7, 11) is 0. The Balaban J connectivity index is 0.000000340. The highest BCUT2D eigenvalue weighted by Crippen LogP contribution is 2.30. The minimum Gasteiger partial charge on any atom is -0.489 e. The van der Waals surface area contributed by atoms with Crippen molar-refractivity contribution in [1.82, 2.24) is 15.3 Å². The molecule has 0 radical (unpaired) electrons. The van der Waals surface area contributed by atoms with E-state index in [0.29, 0.717) is 23.9 Å². The molecule has 13 heteroatoms. The smallest absolute Gasteiger partial charge is 0.408 e. The van der Waals surface area contributed by atoms with Crippen molar-refractivity contribution in [2.24, 2.45) is 17.6 Å².